The fraction of sp³-hybridized carbons (Fsp3) is 0.571. The number of hydrogen-bond donors (Lipinski definition) is 2. The summed E-state index contributed by atoms with van der Waals surface area (Å²) >= 11 is 0. The van der Waals surface area contributed by atoms with Crippen LogP contribution in [-0.4, -0.2) is 11.1 Å². The molecule has 0 radical (unpaired) electrons. The van der Waals surface area contributed by atoms with E-state index < -0.39 is 0 Å². The SMILES string of the molecule is C[C@@H]1Nc2c(O)cccc2[C@@H]2CCCC[C@@H]12. The number of fused-ring (bicyclic) bond motifs is 3. The van der Waals surface area contributed by atoms with Gasteiger partial charge in [0.1, 0.15) is 5.75 Å². The van der Waals surface area contributed by atoms with Crippen molar-refractivity contribution in [3.63, 3.8) is 0 Å². The van der Waals surface area contributed by atoms with E-state index in [9.17, 15) is 5.11 Å². The van der Waals surface area contributed by atoms with Crippen molar-refractivity contribution >= 4 is 5.69 Å². The third kappa shape index (κ3) is 1.40. The maximum atomic E-state index is 9.90. The zero-order valence-corrected chi connectivity index (χ0v) is 9.74. The second-order valence-corrected chi connectivity index (χ2v) is 5.23. The molecule has 1 aromatic rings. The molecular formula is C14H19NO. The Balaban J connectivity index is 2.06. The van der Waals surface area contributed by atoms with E-state index in [4.69, 9.17) is 0 Å². The van der Waals surface area contributed by atoms with Crippen molar-refractivity contribution in [1.82, 2.24) is 0 Å². The highest BCUT2D eigenvalue weighted by Crippen LogP contribution is 2.48. The molecule has 16 heavy (non-hydrogen) atoms. The summed E-state index contributed by atoms with van der Waals surface area (Å²) in [4.78, 5) is 0. The minimum Gasteiger partial charge on any atom is -0.506 e. The van der Waals surface area contributed by atoms with Crippen molar-refractivity contribution in [3.05, 3.63) is 23.8 Å². The minimum absolute atomic E-state index is 0.411. The Labute approximate surface area is 96.7 Å². The van der Waals surface area contributed by atoms with Crippen LogP contribution in [0.15, 0.2) is 18.2 Å². The number of aromatic hydroxyl groups is 1. The van der Waals surface area contributed by atoms with Gasteiger partial charge in [0.05, 0.1) is 5.69 Å². The lowest BCUT2D eigenvalue weighted by molar-refractivity contribution is 0.271. The van der Waals surface area contributed by atoms with Gasteiger partial charge in [-0.3, -0.25) is 0 Å². The summed E-state index contributed by atoms with van der Waals surface area (Å²) in [6, 6.07) is 6.42. The number of rotatable bonds is 0. The van der Waals surface area contributed by atoms with Crippen LogP contribution in [0, 0.1) is 5.92 Å². The number of para-hydroxylation sites is 1. The molecule has 1 fully saturated rings. The summed E-state index contributed by atoms with van der Waals surface area (Å²) in [5.41, 5.74) is 2.32. The first-order valence-corrected chi connectivity index (χ1v) is 6.36. The summed E-state index contributed by atoms with van der Waals surface area (Å²) < 4.78 is 0. The van der Waals surface area contributed by atoms with Gasteiger partial charge in [0.2, 0.25) is 0 Å². The number of phenolic OH excluding ortho intramolecular Hbond substituents is 1. The van der Waals surface area contributed by atoms with Gasteiger partial charge in [-0.1, -0.05) is 25.0 Å². The monoisotopic (exact) mass is 217 g/mol. The molecule has 3 rings (SSSR count). The first-order valence-electron chi connectivity index (χ1n) is 6.36. The Kier molecular flexibility index (Phi) is 2.31. The van der Waals surface area contributed by atoms with E-state index >= 15 is 0 Å². The second kappa shape index (κ2) is 3.69. The molecule has 1 aromatic carbocycles. The number of anilines is 1. The van der Waals surface area contributed by atoms with Crippen LogP contribution in [0.5, 0.6) is 5.75 Å². The van der Waals surface area contributed by atoms with Crippen molar-refractivity contribution in [2.45, 2.75) is 44.6 Å². The van der Waals surface area contributed by atoms with Crippen LogP contribution in [0.4, 0.5) is 5.69 Å². The van der Waals surface area contributed by atoms with Crippen LogP contribution in [0.3, 0.4) is 0 Å². The molecular weight excluding hydrogens is 198 g/mol. The van der Waals surface area contributed by atoms with Crippen LogP contribution in [0.25, 0.3) is 0 Å². The zero-order valence-electron chi connectivity index (χ0n) is 9.74. The first-order chi connectivity index (χ1) is 7.77. The largest absolute Gasteiger partial charge is 0.506 e. The van der Waals surface area contributed by atoms with Crippen molar-refractivity contribution < 1.29 is 5.11 Å². The van der Waals surface area contributed by atoms with Gasteiger partial charge in [-0.25, -0.2) is 0 Å². The third-order valence-corrected chi connectivity index (χ3v) is 4.31. The molecule has 0 amide bonds. The molecule has 2 heteroatoms. The topological polar surface area (TPSA) is 32.3 Å². The first kappa shape index (κ1) is 10.0. The fourth-order valence-corrected chi connectivity index (χ4v) is 3.50. The van der Waals surface area contributed by atoms with E-state index in [1.165, 1.54) is 31.2 Å². The summed E-state index contributed by atoms with van der Waals surface area (Å²) in [6.45, 7) is 2.25. The summed E-state index contributed by atoms with van der Waals surface area (Å²) in [5.74, 6) is 1.82. The molecule has 2 aliphatic rings. The van der Waals surface area contributed by atoms with Gasteiger partial charge in [-0.05, 0) is 43.2 Å². The van der Waals surface area contributed by atoms with E-state index in [2.05, 4.69) is 18.3 Å². The highest BCUT2D eigenvalue weighted by atomic mass is 16.3. The molecule has 1 aliphatic carbocycles. The van der Waals surface area contributed by atoms with Crippen LogP contribution >= 0.6 is 0 Å². The smallest absolute Gasteiger partial charge is 0.138 e. The molecule has 1 heterocycles. The summed E-state index contributed by atoms with van der Waals surface area (Å²) in [5, 5.41) is 13.4. The van der Waals surface area contributed by atoms with Crippen LogP contribution < -0.4 is 5.32 Å². The zero-order chi connectivity index (χ0) is 11.1. The molecule has 0 saturated heterocycles. The minimum atomic E-state index is 0.411. The predicted octanol–water partition coefficient (Wildman–Crippen LogP) is 3.48. The molecule has 2 nitrogen and oxygen atoms in total. The van der Waals surface area contributed by atoms with Crippen LogP contribution in [0.1, 0.15) is 44.1 Å². The average Bonchev–Trinajstić information content (AvgIpc) is 2.31. The van der Waals surface area contributed by atoms with E-state index in [1.54, 1.807) is 6.07 Å². The average molecular weight is 217 g/mol. The molecule has 0 unspecified atom stereocenters. The van der Waals surface area contributed by atoms with Gasteiger partial charge < -0.3 is 10.4 Å². The van der Waals surface area contributed by atoms with Crippen molar-refractivity contribution in [1.29, 1.82) is 0 Å². The lowest BCUT2D eigenvalue weighted by atomic mass is 9.70. The van der Waals surface area contributed by atoms with Crippen molar-refractivity contribution in [2.75, 3.05) is 5.32 Å². The van der Waals surface area contributed by atoms with Gasteiger partial charge in [0, 0.05) is 6.04 Å². The standard InChI is InChI=1S/C14H19NO/c1-9-10-5-2-3-6-11(10)12-7-4-8-13(16)14(12)15-9/h4,7-11,15-16H,2-3,5-6H2,1H3/t9-,10-,11+/m0/s1. The summed E-state index contributed by atoms with van der Waals surface area (Å²) in [6.07, 6.45) is 5.31. The predicted molar refractivity (Wildman–Crippen MR) is 65.9 cm³/mol. The Morgan fingerprint density at radius 1 is 1.25 bits per heavy atom. The van der Waals surface area contributed by atoms with Gasteiger partial charge in [-0.2, -0.15) is 0 Å². The highest BCUT2D eigenvalue weighted by molar-refractivity contribution is 5.65. The Hall–Kier alpha value is -1.18. The molecule has 0 bridgehead atoms. The number of benzene rings is 1. The number of hydrogen-bond acceptors (Lipinski definition) is 2. The van der Waals surface area contributed by atoms with Gasteiger partial charge in [0.25, 0.3) is 0 Å². The molecule has 1 aliphatic heterocycles. The van der Waals surface area contributed by atoms with Gasteiger partial charge >= 0.3 is 0 Å². The lowest BCUT2D eigenvalue weighted by Crippen LogP contribution is -2.37. The Morgan fingerprint density at radius 2 is 2.06 bits per heavy atom. The van der Waals surface area contributed by atoms with Crippen molar-refractivity contribution in [2.24, 2.45) is 5.92 Å². The molecule has 86 valence electrons. The van der Waals surface area contributed by atoms with Crippen molar-refractivity contribution in [3.8, 4) is 5.75 Å². The Bertz CT molecular complexity index is 402. The lowest BCUT2D eigenvalue weighted by Gasteiger charge is -2.42. The maximum absolute atomic E-state index is 9.90. The molecule has 1 saturated carbocycles. The molecule has 0 aromatic heterocycles. The molecule has 3 atom stereocenters. The van der Waals surface area contributed by atoms with E-state index in [-0.39, 0.29) is 0 Å². The maximum Gasteiger partial charge on any atom is 0.138 e. The molecule has 2 N–H and O–H groups in total. The van der Waals surface area contributed by atoms with Crippen LogP contribution in [0.2, 0.25) is 0 Å². The summed E-state index contributed by atoms with van der Waals surface area (Å²) in [7, 11) is 0. The van der Waals surface area contributed by atoms with E-state index in [1.807, 2.05) is 6.07 Å². The van der Waals surface area contributed by atoms with Crippen LogP contribution in [-0.2, 0) is 0 Å². The van der Waals surface area contributed by atoms with Gasteiger partial charge in [-0.15, -0.1) is 0 Å². The Morgan fingerprint density at radius 3 is 2.94 bits per heavy atom. The fourth-order valence-electron chi connectivity index (χ4n) is 3.50. The second-order valence-electron chi connectivity index (χ2n) is 5.23. The van der Waals surface area contributed by atoms with Gasteiger partial charge in [0.15, 0.2) is 0 Å². The quantitative estimate of drug-likeness (QED) is 0.652. The molecule has 0 spiro atoms. The normalized spacial score (nSPS) is 32.4. The highest BCUT2D eigenvalue weighted by Gasteiger charge is 2.36. The number of phenols is 1. The number of nitrogens with one attached hydrogen (secondary N) is 1. The third-order valence-electron chi connectivity index (χ3n) is 4.31. The van der Waals surface area contributed by atoms with E-state index in [0.29, 0.717) is 17.7 Å². The van der Waals surface area contributed by atoms with E-state index in [0.717, 1.165) is 11.6 Å².